The first-order valence-electron chi connectivity index (χ1n) is 9.47. The Morgan fingerprint density at radius 2 is 1.96 bits per heavy atom. The summed E-state index contributed by atoms with van der Waals surface area (Å²) in [5.41, 5.74) is 6.02. The summed E-state index contributed by atoms with van der Waals surface area (Å²) in [5, 5.41) is 21.0. The molecular weight excluding hydrogens is 352 g/mol. The van der Waals surface area contributed by atoms with Gasteiger partial charge in [-0.1, -0.05) is 33.8 Å². The first kappa shape index (κ1) is 24.8. The van der Waals surface area contributed by atoms with E-state index in [1.165, 1.54) is 18.2 Å². The van der Waals surface area contributed by atoms with Crippen molar-refractivity contribution in [3.05, 3.63) is 11.8 Å². The van der Waals surface area contributed by atoms with E-state index in [0.29, 0.717) is 35.7 Å². The van der Waals surface area contributed by atoms with Crippen LogP contribution < -0.4 is 11.1 Å². The van der Waals surface area contributed by atoms with Crippen molar-refractivity contribution in [2.75, 3.05) is 18.1 Å². The van der Waals surface area contributed by atoms with E-state index < -0.39 is 18.0 Å². The molecule has 1 rings (SSSR count). The van der Waals surface area contributed by atoms with Gasteiger partial charge in [-0.15, -0.1) is 0 Å². The molecule has 6 nitrogen and oxygen atoms in total. The van der Waals surface area contributed by atoms with E-state index in [9.17, 15) is 14.7 Å². The van der Waals surface area contributed by atoms with E-state index in [2.05, 4.69) is 19.2 Å². The van der Waals surface area contributed by atoms with Crippen molar-refractivity contribution in [1.82, 2.24) is 5.32 Å². The highest BCUT2D eigenvalue weighted by molar-refractivity contribution is 7.99. The molecule has 0 radical (unpaired) electrons. The first-order chi connectivity index (χ1) is 12.2. The third-order valence-electron chi connectivity index (χ3n) is 4.72. The van der Waals surface area contributed by atoms with Gasteiger partial charge in [0.15, 0.2) is 0 Å². The Bertz CT molecular complexity index is 466. The molecule has 0 aromatic rings. The zero-order valence-electron chi connectivity index (χ0n) is 16.6. The van der Waals surface area contributed by atoms with Crippen LogP contribution in [0.5, 0.6) is 0 Å². The molecule has 7 heteroatoms. The lowest BCUT2D eigenvalue weighted by molar-refractivity contribution is -0.138. The average molecular weight is 389 g/mol. The van der Waals surface area contributed by atoms with Crippen molar-refractivity contribution in [3.63, 3.8) is 0 Å². The van der Waals surface area contributed by atoms with Gasteiger partial charge in [-0.05, 0) is 49.2 Å². The number of hydrogen-bond donors (Lipinski definition) is 4. The molecular formula is C19H36N2O4S. The molecule has 1 aliphatic rings. The van der Waals surface area contributed by atoms with Crippen LogP contribution >= 0.6 is 11.8 Å². The molecule has 0 amide bonds. The van der Waals surface area contributed by atoms with Crippen LogP contribution in [-0.4, -0.2) is 46.2 Å². The SMILES string of the molecule is CC.CC1(C)CCC1CN/C(=C\CCCCSC[C@H](N)C(=O)O)C(=O)O. The number of hydrogen-bond acceptors (Lipinski definition) is 5. The van der Waals surface area contributed by atoms with Gasteiger partial charge in [0.25, 0.3) is 0 Å². The lowest BCUT2D eigenvalue weighted by Crippen LogP contribution is -2.41. The van der Waals surface area contributed by atoms with E-state index in [-0.39, 0.29) is 0 Å². The lowest BCUT2D eigenvalue weighted by atomic mass is 9.62. The Balaban J connectivity index is 0.00000301. The predicted molar refractivity (Wildman–Crippen MR) is 108 cm³/mol. The summed E-state index contributed by atoms with van der Waals surface area (Å²) in [5.74, 6) is -0.105. The van der Waals surface area contributed by atoms with Crippen molar-refractivity contribution in [2.24, 2.45) is 17.1 Å². The Morgan fingerprint density at radius 1 is 1.31 bits per heavy atom. The van der Waals surface area contributed by atoms with Crippen LogP contribution in [0.4, 0.5) is 0 Å². The lowest BCUT2D eigenvalue weighted by Gasteiger charge is -2.44. The zero-order valence-corrected chi connectivity index (χ0v) is 17.4. The van der Waals surface area contributed by atoms with Gasteiger partial charge < -0.3 is 21.3 Å². The van der Waals surface area contributed by atoms with Crippen molar-refractivity contribution in [3.8, 4) is 0 Å². The van der Waals surface area contributed by atoms with Crippen molar-refractivity contribution < 1.29 is 19.8 Å². The standard InChI is InChI=1S/C17H30N2O4S.C2H6/c1-17(2)8-7-12(17)10-19-14(16(22)23)6-4-3-5-9-24-11-13(18)15(20)21;1-2/h6,12-13,19H,3-5,7-11,18H2,1-2H3,(H,20,21)(H,22,23);1-2H3/b14-6-;/t12?,13-;/m0./s1. The first-order valence-corrected chi connectivity index (χ1v) is 10.6. The maximum absolute atomic E-state index is 11.3. The van der Waals surface area contributed by atoms with E-state index >= 15 is 0 Å². The van der Waals surface area contributed by atoms with Gasteiger partial charge in [0.05, 0.1) is 0 Å². The van der Waals surface area contributed by atoms with Crippen LogP contribution in [-0.2, 0) is 9.59 Å². The molecule has 1 fully saturated rings. The van der Waals surface area contributed by atoms with Crippen LogP contribution in [0.25, 0.3) is 0 Å². The molecule has 0 aliphatic heterocycles. The summed E-state index contributed by atoms with van der Waals surface area (Å²) in [6, 6.07) is -0.812. The number of allylic oxidation sites excluding steroid dienone is 1. The van der Waals surface area contributed by atoms with Crippen LogP contribution in [0.15, 0.2) is 11.8 Å². The summed E-state index contributed by atoms with van der Waals surface area (Å²) in [7, 11) is 0. The highest BCUT2D eigenvalue weighted by Gasteiger charge is 2.38. The Morgan fingerprint density at radius 3 is 2.42 bits per heavy atom. The normalized spacial score (nSPS) is 19.6. The van der Waals surface area contributed by atoms with Crippen molar-refractivity contribution >= 4 is 23.7 Å². The third-order valence-corrected chi connectivity index (χ3v) is 5.89. The molecule has 0 heterocycles. The molecule has 26 heavy (non-hydrogen) atoms. The number of thioether (sulfide) groups is 1. The highest BCUT2D eigenvalue weighted by Crippen LogP contribution is 2.45. The summed E-state index contributed by atoms with van der Waals surface area (Å²) >= 11 is 1.52. The maximum Gasteiger partial charge on any atom is 0.351 e. The van der Waals surface area contributed by atoms with Gasteiger partial charge >= 0.3 is 11.9 Å². The number of aliphatic carboxylic acids is 2. The molecule has 0 aromatic heterocycles. The number of nitrogens with two attached hydrogens (primary N) is 1. The fraction of sp³-hybridized carbons (Fsp3) is 0.789. The van der Waals surface area contributed by atoms with E-state index in [4.69, 9.17) is 10.8 Å². The van der Waals surface area contributed by atoms with Crippen LogP contribution in [0.1, 0.15) is 59.8 Å². The molecule has 0 spiro atoms. The molecule has 0 bridgehead atoms. The Hall–Kier alpha value is -1.21. The fourth-order valence-corrected chi connectivity index (χ4v) is 3.62. The minimum atomic E-state index is -0.975. The summed E-state index contributed by atoms with van der Waals surface area (Å²) in [6.07, 6.45) is 6.60. The van der Waals surface area contributed by atoms with Crippen LogP contribution in [0, 0.1) is 11.3 Å². The molecule has 0 aromatic carbocycles. The van der Waals surface area contributed by atoms with E-state index in [1.54, 1.807) is 6.08 Å². The molecule has 1 aliphatic carbocycles. The molecule has 1 unspecified atom stereocenters. The monoisotopic (exact) mass is 388 g/mol. The minimum Gasteiger partial charge on any atom is -0.480 e. The largest absolute Gasteiger partial charge is 0.480 e. The Kier molecular flexibility index (Phi) is 12.4. The van der Waals surface area contributed by atoms with Gasteiger partial charge in [-0.3, -0.25) is 4.79 Å². The van der Waals surface area contributed by atoms with Crippen LogP contribution in [0.2, 0.25) is 0 Å². The van der Waals surface area contributed by atoms with Crippen LogP contribution in [0.3, 0.4) is 0 Å². The number of rotatable bonds is 12. The van der Waals surface area contributed by atoms with Gasteiger partial charge in [0.1, 0.15) is 11.7 Å². The molecule has 5 N–H and O–H groups in total. The van der Waals surface area contributed by atoms with Gasteiger partial charge in [0.2, 0.25) is 0 Å². The smallest absolute Gasteiger partial charge is 0.351 e. The second-order valence-electron chi connectivity index (χ2n) is 7.04. The second-order valence-corrected chi connectivity index (χ2v) is 8.19. The van der Waals surface area contributed by atoms with Gasteiger partial charge in [-0.2, -0.15) is 11.8 Å². The van der Waals surface area contributed by atoms with Crippen molar-refractivity contribution in [1.29, 1.82) is 0 Å². The minimum absolute atomic E-state index is 0.290. The molecule has 0 saturated heterocycles. The Labute approximate surface area is 162 Å². The number of carbonyl (C=O) groups is 2. The molecule has 152 valence electrons. The number of carboxylic acids is 2. The predicted octanol–water partition coefficient (Wildman–Crippen LogP) is 3.32. The maximum atomic E-state index is 11.3. The second kappa shape index (κ2) is 13.0. The number of nitrogens with one attached hydrogen (secondary N) is 1. The van der Waals surface area contributed by atoms with Gasteiger partial charge in [-0.25, -0.2) is 4.79 Å². The number of carboxylic acid groups (broad SMARTS) is 2. The fourth-order valence-electron chi connectivity index (χ4n) is 2.65. The molecule has 1 saturated carbocycles. The average Bonchev–Trinajstić information content (AvgIpc) is 2.59. The topological polar surface area (TPSA) is 113 Å². The summed E-state index contributed by atoms with van der Waals surface area (Å²) < 4.78 is 0. The quantitative estimate of drug-likeness (QED) is 0.300. The molecule has 2 atom stereocenters. The third kappa shape index (κ3) is 9.48. The number of unbranched alkanes of at least 4 members (excludes halogenated alkanes) is 2. The zero-order chi connectivity index (χ0) is 20.2. The van der Waals surface area contributed by atoms with E-state index in [0.717, 1.165) is 25.0 Å². The van der Waals surface area contributed by atoms with Crippen molar-refractivity contribution in [2.45, 2.75) is 65.8 Å². The highest BCUT2D eigenvalue weighted by atomic mass is 32.2. The summed E-state index contributed by atoms with van der Waals surface area (Å²) in [4.78, 5) is 21.9. The van der Waals surface area contributed by atoms with Gasteiger partial charge in [0, 0.05) is 12.3 Å². The van der Waals surface area contributed by atoms with E-state index in [1.807, 2.05) is 13.8 Å². The summed E-state index contributed by atoms with van der Waals surface area (Å²) in [6.45, 7) is 9.16.